The SMILES string of the molecule is NCc1cccc(C(=O)CO)c1. The average molecular weight is 165 g/mol. The maximum absolute atomic E-state index is 11.0. The molecule has 12 heavy (non-hydrogen) atoms. The summed E-state index contributed by atoms with van der Waals surface area (Å²) in [6, 6.07) is 6.95. The van der Waals surface area contributed by atoms with Gasteiger partial charge in [-0.2, -0.15) is 0 Å². The normalized spacial score (nSPS) is 9.83. The fraction of sp³-hybridized carbons (Fsp3) is 0.222. The number of ketones is 1. The van der Waals surface area contributed by atoms with Gasteiger partial charge in [-0.15, -0.1) is 0 Å². The number of hydrogen-bond donors (Lipinski definition) is 2. The van der Waals surface area contributed by atoms with E-state index in [2.05, 4.69) is 0 Å². The number of aliphatic hydroxyl groups excluding tert-OH is 1. The molecule has 64 valence electrons. The van der Waals surface area contributed by atoms with Crippen LogP contribution in [0.2, 0.25) is 0 Å². The average Bonchev–Trinajstić information content (AvgIpc) is 2.17. The first-order chi connectivity index (χ1) is 5.77. The molecule has 0 aliphatic heterocycles. The monoisotopic (exact) mass is 165 g/mol. The molecular weight excluding hydrogens is 154 g/mol. The second kappa shape index (κ2) is 3.99. The van der Waals surface area contributed by atoms with Crippen LogP contribution in [0, 0.1) is 0 Å². The molecule has 0 aromatic heterocycles. The van der Waals surface area contributed by atoms with Gasteiger partial charge in [0.2, 0.25) is 0 Å². The van der Waals surface area contributed by atoms with Crippen molar-refractivity contribution in [1.82, 2.24) is 0 Å². The van der Waals surface area contributed by atoms with Crippen LogP contribution >= 0.6 is 0 Å². The van der Waals surface area contributed by atoms with E-state index in [1.165, 1.54) is 0 Å². The Morgan fingerprint density at radius 1 is 1.50 bits per heavy atom. The number of nitrogens with two attached hydrogens (primary N) is 1. The predicted octanol–water partition coefficient (Wildman–Crippen LogP) is 0.320. The Labute approximate surface area is 70.8 Å². The summed E-state index contributed by atoms with van der Waals surface area (Å²) in [6.07, 6.45) is 0. The van der Waals surface area contributed by atoms with Gasteiger partial charge in [-0.3, -0.25) is 4.79 Å². The first-order valence-corrected chi connectivity index (χ1v) is 3.71. The van der Waals surface area contributed by atoms with Crippen LogP contribution in [0.1, 0.15) is 15.9 Å². The molecule has 0 spiro atoms. The van der Waals surface area contributed by atoms with Gasteiger partial charge in [-0.25, -0.2) is 0 Å². The summed E-state index contributed by atoms with van der Waals surface area (Å²) < 4.78 is 0. The van der Waals surface area contributed by atoms with E-state index in [4.69, 9.17) is 10.8 Å². The Balaban J connectivity index is 2.93. The van der Waals surface area contributed by atoms with Gasteiger partial charge in [0.25, 0.3) is 0 Å². The molecule has 0 saturated heterocycles. The van der Waals surface area contributed by atoms with Crippen LogP contribution in [-0.2, 0) is 6.54 Å². The standard InChI is InChI=1S/C9H11NO2/c10-5-7-2-1-3-8(4-7)9(12)6-11/h1-4,11H,5-6,10H2. The number of carbonyl (C=O) groups excluding carboxylic acids is 1. The van der Waals surface area contributed by atoms with Crippen molar-refractivity contribution in [2.45, 2.75) is 6.54 Å². The Bertz CT molecular complexity index is 284. The quantitative estimate of drug-likeness (QED) is 0.634. The summed E-state index contributed by atoms with van der Waals surface area (Å²) in [5.41, 5.74) is 6.80. The van der Waals surface area contributed by atoms with Crippen molar-refractivity contribution in [3.05, 3.63) is 35.4 Å². The van der Waals surface area contributed by atoms with Crippen LogP contribution in [0.3, 0.4) is 0 Å². The third kappa shape index (κ3) is 1.90. The molecule has 1 aromatic carbocycles. The van der Waals surface area contributed by atoms with Crippen molar-refractivity contribution in [2.75, 3.05) is 6.61 Å². The van der Waals surface area contributed by atoms with Gasteiger partial charge in [-0.1, -0.05) is 18.2 Å². The van der Waals surface area contributed by atoms with E-state index in [-0.39, 0.29) is 5.78 Å². The van der Waals surface area contributed by atoms with E-state index in [1.54, 1.807) is 18.2 Å². The summed E-state index contributed by atoms with van der Waals surface area (Å²) in [5, 5.41) is 8.57. The fourth-order valence-electron chi connectivity index (χ4n) is 0.963. The van der Waals surface area contributed by atoms with E-state index in [1.807, 2.05) is 6.07 Å². The van der Waals surface area contributed by atoms with E-state index in [9.17, 15) is 4.79 Å². The summed E-state index contributed by atoms with van der Waals surface area (Å²) in [5.74, 6) is -0.273. The third-order valence-electron chi connectivity index (χ3n) is 1.63. The van der Waals surface area contributed by atoms with Gasteiger partial charge in [0.1, 0.15) is 6.61 Å². The lowest BCUT2D eigenvalue weighted by Crippen LogP contribution is -2.05. The molecule has 3 heteroatoms. The van der Waals surface area contributed by atoms with Crippen LogP contribution in [0.4, 0.5) is 0 Å². The Morgan fingerprint density at radius 3 is 2.83 bits per heavy atom. The van der Waals surface area contributed by atoms with Crippen molar-refractivity contribution in [3.63, 3.8) is 0 Å². The number of Topliss-reactive ketones (excluding diaryl/α,β-unsaturated/α-hetero) is 1. The molecule has 0 bridgehead atoms. The second-order valence-electron chi connectivity index (χ2n) is 2.49. The van der Waals surface area contributed by atoms with Crippen molar-refractivity contribution < 1.29 is 9.90 Å². The molecule has 0 saturated carbocycles. The molecule has 1 aromatic rings. The van der Waals surface area contributed by atoms with E-state index >= 15 is 0 Å². The first kappa shape index (κ1) is 8.90. The van der Waals surface area contributed by atoms with Gasteiger partial charge in [0, 0.05) is 12.1 Å². The van der Waals surface area contributed by atoms with Gasteiger partial charge < -0.3 is 10.8 Å². The molecule has 3 N–H and O–H groups in total. The molecule has 3 nitrogen and oxygen atoms in total. The molecule has 0 atom stereocenters. The second-order valence-corrected chi connectivity index (χ2v) is 2.49. The molecular formula is C9H11NO2. The lowest BCUT2D eigenvalue weighted by Gasteiger charge is -1.99. The van der Waals surface area contributed by atoms with Crippen molar-refractivity contribution in [3.8, 4) is 0 Å². The minimum Gasteiger partial charge on any atom is -0.388 e. The molecule has 0 aliphatic rings. The van der Waals surface area contributed by atoms with Crippen LogP contribution in [0.5, 0.6) is 0 Å². The van der Waals surface area contributed by atoms with Crippen LogP contribution in [-0.4, -0.2) is 17.5 Å². The van der Waals surface area contributed by atoms with Crippen molar-refractivity contribution in [2.24, 2.45) is 5.73 Å². The molecule has 0 unspecified atom stereocenters. The summed E-state index contributed by atoms with van der Waals surface area (Å²) >= 11 is 0. The smallest absolute Gasteiger partial charge is 0.188 e. The van der Waals surface area contributed by atoms with Crippen LogP contribution in [0.15, 0.2) is 24.3 Å². The Morgan fingerprint density at radius 2 is 2.25 bits per heavy atom. The van der Waals surface area contributed by atoms with Gasteiger partial charge in [0.05, 0.1) is 0 Å². The molecule has 0 heterocycles. The van der Waals surface area contributed by atoms with Crippen molar-refractivity contribution >= 4 is 5.78 Å². The lowest BCUT2D eigenvalue weighted by atomic mass is 10.1. The fourth-order valence-corrected chi connectivity index (χ4v) is 0.963. The maximum Gasteiger partial charge on any atom is 0.188 e. The van der Waals surface area contributed by atoms with E-state index < -0.39 is 6.61 Å². The Kier molecular flexibility index (Phi) is 2.96. The highest BCUT2D eigenvalue weighted by atomic mass is 16.3. The van der Waals surface area contributed by atoms with Gasteiger partial charge in [-0.05, 0) is 11.6 Å². The zero-order chi connectivity index (χ0) is 8.97. The highest BCUT2D eigenvalue weighted by Gasteiger charge is 2.02. The minimum absolute atomic E-state index is 0.273. The maximum atomic E-state index is 11.0. The minimum atomic E-state index is -0.450. The number of aliphatic hydroxyl groups is 1. The molecule has 0 radical (unpaired) electrons. The van der Waals surface area contributed by atoms with Crippen molar-refractivity contribution in [1.29, 1.82) is 0 Å². The highest BCUT2D eigenvalue weighted by molar-refractivity contribution is 5.97. The molecule has 1 rings (SSSR count). The molecule has 0 amide bonds. The van der Waals surface area contributed by atoms with Gasteiger partial charge >= 0.3 is 0 Å². The largest absolute Gasteiger partial charge is 0.388 e. The number of carbonyl (C=O) groups is 1. The zero-order valence-corrected chi connectivity index (χ0v) is 6.66. The first-order valence-electron chi connectivity index (χ1n) is 3.71. The van der Waals surface area contributed by atoms with E-state index in [0.717, 1.165) is 5.56 Å². The Hall–Kier alpha value is -1.19. The lowest BCUT2D eigenvalue weighted by molar-refractivity contribution is 0.0903. The number of benzene rings is 1. The molecule has 0 fully saturated rings. The summed E-state index contributed by atoms with van der Waals surface area (Å²) in [7, 11) is 0. The number of hydrogen-bond acceptors (Lipinski definition) is 3. The number of rotatable bonds is 3. The summed E-state index contributed by atoms with van der Waals surface area (Å²) in [4.78, 5) is 11.0. The van der Waals surface area contributed by atoms with E-state index in [0.29, 0.717) is 12.1 Å². The van der Waals surface area contributed by atoms with Crippen LogP contribution < -0.4 is 5.73 Å². The topological polar surface area (TPSA) is 63.3 Å². The third-order valence-corrected chi connectivity index (χ3v) is 1.63. The highest BCUT2D eigenvalue weighted by Crippen LogP contribution is 2.04. The predicted molar refractivity (Wildman–Crippen MR) is 45.7 cm³/mol. The zero-order valence-electron chi connectivity index (χ0n) is 6.66. The summed E-state index contributed by atoms with van der Waals surface area (Å²) in [6.45, 7) is -0.0411. The van der Waals surface area contributed by atoms with Gasteiger partial charge in [0.15, 0.2) is 5.78 Å². The van der Waals surface area contributed by atoms with Crippen LogP contribution in [0.25, 0.3) is 0 Å². The molecule has 0 aliphatic carbocycles.